The Morgan fingerprint density at radius 2 is 1.35 bits per heavy atom. The molecule has 4 aromatic rings. The molecule has 0 N–H and O–H groups in total. The minimum absolute atomic E-state index is 0.849. The van der Waals surface area contributed by atoms with Gasteiger partial charge in [-0.2, -0.15) is 0 Å². The Balaban J connectivity index is 2.17. The molecule has 0 aliphatic heterocycles. The van der Waals surface area contributed by atoms with Crippen LogP contribution in [0.3, 0.4) is 0 Å². The van der Waals surface area contributed by atoms with Crippen LogP contribution in [-0.4, -0.2) is 9.55 Å². The lowest BCUT2D eigenvalue weighted by Crippen LogP contribution is -1.94. The highest BCUT2D eigenvalue weighted by atomic mass is 79.9. The van der Waals surface area contributed by atoms with Gasteiger partial charge in [0.1, 0.15) is 4.60 Å². The molecule has 3 heteroatoms. The van der Waals surface area contributed by atoms with Crippen molar-refractivity contribution in [1.29, 1.82) is 0 Å². The number of benzene rings is 2. The van der Waals surface area contributed by atoms with Crippen LogP contribution in [-0.2, 0) is 0 Å². The molecule has 96 valence electrons. The van der Waals surface area contributed by atoms with Crippen LogP contribution < -0.4 is 0 Å². The van der Waals surface area contributed by atoms with Crippen LogP contribution in [0, 0.1) is 0 Å². The summed E-state index contributed by atoms with van der Waals surface area (Å²) in [5.41, 5.74) is 3.49. The Bertz CT molecular complexity index is 854. The molecule has 0 spiro atoms. The first-order chi connectivity index (χ1) is 9.84. The van der Waals surface area contributed by atoms with E-state index in [9.17, 15) is 0 Å². The van der Waals surface area contributed by atoms with Crippen molar-refractivity contribution in [3.63, 3.8) is 0 Å². The fourth-order valence-electron chi connectivity index (χ4n) is 2.70. The molecule has 0 atom stereocenters. The first kappa shape index (κ1) is 11.7. The summed E-state index contributed by atoms with van der Waals surface area (Å²) in [4.78, 5) is 4.34. The van der Waals surface area contributed by atoms with Gasteiger partial charge in [0.2, 0.25) is 0 Å². The third-order valence-electron chi connectivity index (χ3n) is 3.55. The number of rotatable bonds is 1. The Kier molecular flexibility index (Phi) is 2.60. The summed E-state index contributed by atoms with van der Waals surface area (Å²) in [6.45, 7) is 0. The zero-order chi connectivity index (χ0) is 13.5. The van der Waals surface area contributed by atoms with E-state index in [4.69, 9.17) is 0 Å². The smallest absolute Gasteiger partial charge is 0.106 e. The van der Waals surface area contributed by atoms with Crippen molar-refractivity contribution in [2.75, 3.05) is 0 Å². The van der Waals surface area contributed by atoms with Crippen LogP contribution in [0.15, 0.2) is 71.5 Å². The van der Waals surface area contributed by atoms with E-state index in [0.29, 0.717) is 0 Å². The minimum atomic E-state index is 0.849. The predicted molar refractivity (Wildman–Crippen MR) is 86.3 cm³/mol. The SMILES string of the molecule is Brc1ccc(-n2c3ccccc3c3ccccc32)cn1. The summed E-state index contributed by atoms with van der Waals surface area (Å²) in [5.74, 6) is 0. The second kappa shape index (κ2) is 4.46. The van der Waals surface area contributed by atoms with Crippen molar-refractivity contribution < 1.29 is 0 Å². The first-order valence-electron chi connectivity index (χ1n) is 6.45. The molecule has 20 heavy (non-hydrogen) atoms. The van der Waals surface area contributed by atoms with Gasteiger partial charge in [0.25, 0.3) is 0 Å². The van der Waals surface area contributed by atoms with Crippen LogP contribution in [0.5, 0.6) is 0 Å². The second-order valence-corrected chi connectivity index (χ2v) is 5.52. The molecule has 2 aromatic carbocycles. The summed E-state index contributed by atoms with van der Waals surface area (Å²) in [6.07, 6.45) is 1.89. The van der Waals surface area contributed by atoms with E-state index in [0.717, 1.165) is 10.3 Å². The number of hydrogen-bond acceptors (Lipinski definition) is 1. The topological polar surface area (TPSA) is 17.8 Å². The van der Waals surface area contributed by atoms with Crippen LogP contribution in [0.1, 0.15) is 0 Å². The number of fused-ring (bicyclic) bond motifs is 3. The summed E-state index contributed by atoms with van der Waals surface area (Å²) in [7, 11) is 0. The molecule has 2 heterocycles. The van der Waals surface area contributed by atoms with Gasteiger partial charge in [-0.25, -0.2) is 4.98 Å². The number of para-hydroxylation sites is 2. The van der Waals surface area contributed by atoms with Gasteiger partial charge in [-0.1, -0.05) is 36.4 Å². The second-order valence-electron chi connectivity index (χ2n) is 4.71. The molecular weight excluding hydrogens is 312 g/mol. The fourth-order valence-corrected chi connectivity index (χ4v) is 2.94. The van der Waals surface area contributed by atoms with Gasteiger partial charge >= 0.3 is 0 Å². The molecule has 0 aliphatic rings. The molecule has 0 unspecified atom stereocenters. The van der Waals surface area contributed by atoms with Crippen molar-refractivity contribution in [2.24, 2.45) is 0 Å². The summed E-state index contributed by atoms with van der Waals surface area (Å²) < 4.78 is 3.10. The van der Waals surface area contributed by atoms with Crippen molar-refractivity contribution in [1.82, 2.24) is 9.55 Å². The van der Waals surface area contributed by atoms with Gasteiger partial charge in [-0.15, -0.1) is 0 Å². The van der Waals surface area contributed by atoms with Crippen molar-refractivity contribution >= 4 is 37.7 Å². The van der Waals surface area contributed by atoms with E-state index in [1.165, 1.54) is 21.8 Å². The maximum Gasteiger partial charge on any atom is 0.106 e. The predicted octanol–water partition coefficient (Wildman–Crippen LogP) is 4.94. The van der Waals surface area contributed by atoms with Crippen LogP contribution in [0.25, 0.3) is 27.5 Å². The van der Waals surface area contributed by atoms with E-state index in [-0.39, 0.29) is 0 Å². The van der Waals surface area contributed by atoms with Crippen LogP contribution in [0.2, 0.25) is 0 Å². The highest BCUT2D eigenvalue weighted by Gasteiger charge is 2.10. The van der Waals surface area contributed by atoms with Gasteiger partial charge in [0.05, 0.1) is 22.9 Å². The molecule has 0 fully saturated rings. The number of hydrogen-bond donors (Lipinski definition) is 0. The van der Waals surface area contributed by atoms with E-state index >= 15 is 0 Å². The van der Waals surface area contributed by atoms with E-state index in [1.807, 2.05) is 12.3 Å². The molecule has 2 nitrogen and oxygen atoms in total. The normalized spacial score (nSPS) is 11.2. The van der Waals surface area contributed by atoms with E-state index in [2.05, 4.69) is 80.1 Å². The van der Waals surface area contributed by atoms with Crippen LogP contribution in [0.4, 0.5) is 0 Å². The largest absolute Gasteiger partial charge is 0.308 e. The number of aromatic nitrogens is 2. The molecule has 0 radical (unpaired) electrons. The molecule has 2 aromatic heterocycles. The molecule has 4 rings (SSSR count). The van der Waals surface area contributed by atoms with Gasteiger partial charge in [0, 0.05) is 10.8 Å². The average Bonchev–Trinajstić information content (AvgIpc) is 2.83. The maximum atomic E-state index is 4.34. The highest BCUT2D eigenvalue weighted by Crippen LogP contribution is 2.31. The lowest BCUT2D eigenvalue weighted by Gasteiger charge is -2.06. The third kappa shape index (κ3) is 1.67. The molecular formula is C17H11BrN2. The Hall–Kier alpha value is -2.13. The Morgan fingerprint density at radius 1 is 0.750 bits per heavy atom. The summed E-state index contributed by atoms with van der Waals surface area (Å²) in [5, 5.41) is 2.54. The van der Waals surface area contributed by atoms with Gasteiger partial charge in [-0.3, -0.25) is 0 Å². The lowest BCUT2D eigenvalue weighted by molar-refractivity contribution is 1.13. The van der Waals surface area contributed by atoms with E-state index < -0.39 is 0 Å². The van der Waals surface area contributed by atoms with Crippen molar-refractivity contribution in [3.8, 4) is 5.69 Å². The third-order valence-corrected chi connectivity index (χ3v) is 4.02. The number of pyridine rings is 1. The molecule has 0 saturated carbocycles. The molecule has 0 aliphatic carbocycles. The molecule has 0 saturated heterocycles. The highest BCUT2D eigenvalue weighted by molar-refractivity contribution is 9.10. The Morgan fingerprint density at radius 3 is 1.90 bits per heavy atom. The monoisotopic (exact) mass is 322 g/mol. The average molecular weight is 323 g/mol. The van der Waals surface area contributed by atoms with Crippen LogP contribution >= 0.6 is 15.9 Å². The van der Waals surface area contributed by atoms with Gasteiger partial charge in [0.15, 0.2) is 0 Å². The lowest BCUT2D eigenvalue weighted by atomic mass is 10.2. The minimum Gasteiger partial charge on any atom is -0.308 e. The van der Waals surface area contributed by atoms with Gasteiger partial charge < -0.3 is 4.57 Å². The Labute approximate surface area is 124 Å². The summed E-state index contributed by atoms with van der Waals surface area (Å²) >= 11 is 3.39. The zero-order valence-electron chi connectivity index (χ0n) is 10.6. The molecule has 0 amide bonds. The van der Waals surface area contributed by atoms with E-state index in [1.54, 1.807) is 0 Å². The first-order valence-corrected chi connectivity index (χ1v) is 7.24. The molecule has 0 bridgehead atoms. The van der Waals surface area contributed by atoms with Crippen molar-refractivity contribution in [2.45, 2.75) is 0 Å². The summed E-state index contributed by atoms with van der Waals surface area (Å²) in [6, 6.07) is 21.0. The standard InChI is InChI=1S/C17H11BrN2/c18-17-10-9-12(11-19-17)20-15-7-3-1-5-13(15)14-6-2-4-8-16(14)20/h1-11H. The zero-order valence-corrected chi connectivity index (χ0v) is 12.2. The number of nitrogens with zero attached hydrogens (tertiary/aromatic N) is 2. The van der Waals surface area contributed by atoms with Crippen molar-refractivity contribution in [3.05, 3.63) is 71.5 Å². The number of halogens is 1. The quantitative estimate of drug-likeness (QED) is 0.454. The van der Waals surface area contributed by atoms with Gasteiger partial charge in [-0.05, 0) is 40.2 Å². The maximum absolute atomic E-state index is 4.34. The fraction of sp³-hybridized carbons (Fsp3) is 0.